The fourth-order valence-corrected chi connectivity index (χ4v) is 2.54. The summed E-state index contributed by atoms with van der Waals surface area (Å²) < 4.78 is 5.55. The average Bonchev–Trinajstić information content (AvgIpc) is 2.65. The number of carbonyl (C=O) groups is 3. The van der Waals surface area contributed by atoms with Gasteiger partial charge in [0.05, 0.1) is 6.61 Å². The maximum Gasteiger partial charge on any atom is 0.326 e. The van der Waals surface area contributed by atoms with Gasteiger partial charge in [0.1, 0.15) is 11.8 Å². The number of carboxylic acids is 1. The van der Waals surface area contributed by atoms with E-state index in [4.69, 9.17) is 4.74 Å². The lowest BCUT2D eigenvalue weighted by molar-refractivity contribution is -0.141. The van der Waals surface area contributed by atoms with Gasteiger partial charge in [-0.2, -0.15) is 0 Å². The minimum atomic E-state index is -1.07. The second-order valence-electron chi connectivity index (χ2n) is 6.18. The van der Waals surface area contributed by atoms with Gasteiger partial charge in [-0.1, -0.05) is 42.5 Å². The van der Waals surface area contributed by atoms with Crippen molar-refractivity contribution in [1.29, 1.82) is 0 Å². The molecule has 0 heterocycles. The zero-order chi connectivity index (χ0) is 19.6. The first-order valence-electron chi connectivity index (χ1n) is 8.75. The maximum absolute atomic E-state index is 12.0. The minimum Gasteiger partial charge on any atom is -0.494 e. The third-order valence-corrected chi connectivity index (χ3v) is 3.97. The predicted molar refractivity (Wildman–Crippen MR) is 101 cm³/mol. The number of hydrogen-bond acceptors (Lipinski definition) is 4. The summed E-state index contributed by atoms with van der Waals surface area (Å²) >= 11 is 0. The number of nitrogens with one attached hydrogen (secondary N) is 1. The summed E-state index contributed by atoms with van der Waals surface area (Å²) in [4.78, 5) is 34.8. The second kappa shape index (κ2) is 10.1. The van der Waals surface area contributed by atoms with E-state index in [1.807, 2.05) is 30.3 Å². The standard InChI is InChI=1S/C21H23NO5/c1-15(23)17-9-5-10-18(14-17)27-12-6-11-20(24)22-19(21(25)26)13-16-7-3-2-4-8-16/h2-5,7-10,14,19H,6,11-13H2,1H3,(H,22,24)(H,25,26)/t19-/m0/s1. The number of carboxylic acid groups (broad SMARTS) is 1. The lowest BCUT2D eigenvalue weighted by Gasteiger charge is -2.15. The van der Waals surface area contributed by atoms with Crippen LogP contribution in [0.4, 0.5) is 0 Å². The summed E-state index contributed by atoms with van der Waals surface area (Å²) in [7, 11) is 0. The summed E-state index contributed by atoms with van der Waals surface area (Å²) in [5, 5.41) is 11.9. The minimum absolute atomic E-state index is 0.0436. The van der Waals surface area contributed by atoms with E-state index in [1.165, 1.54) is 6.92 Å². The van der Waals surface area contributed by atoms with Crippen LogP contribution in [0.2, 0.25) is 0 Å². The highest BCUT2D eigenvalue weighted by Crippen LogP contribution is 2.14. The van der Waals surface area contributed by atoms with Crippen molar-refractivity contribution in [2.45, 2.75) is 32.2 Å². The molecule has 0 radical (unpaired) electrons. The molecule has 2 aromatic carbocycles. The Morgan fingerprint density at radius 2 is 1.81 bits per heavy atom. The van der Waals surface area contributed by atoms with Crippen molar-refractivity contribution in [3.8, 4) is 5.75 Å². The molecule has 1 atom stereocenters. The molecule has 2 aromatic rings. The lowest BCUT2D eigenvalue weighted by Crippen LogP contribution is -2.42. The van der Waals surface area contributed by atoms with Crippen LogP contribution >= 0.6 is 0 Å². The molecule has 6 heteroatoms. The molecule has 2 rings (SSSR count). The van der Waals surface area contributed by atoms with Crippen LogP contribution in [0.1, 0.15) is 35.7 Å². The highest BCUT2D eigenvalue weighted by molar-refractivity contribution is 5.94. The van der Waals surface area contributed by atoms with Crippen LogP contribution in [0.3, 0.4) is 0 Å². The van der Waals surface area contributed by atoms with E-state index in [1.54, 1.807) is 24.3 Å². The van der Waals surface area contributed by atoms with Gasteiger partial charge in [-0.3, -0.25) is 9.59 Å². The smallest absolute Gasteiger partial charge is 0.326 e. The highest BCUT2D eigenvalue weighted by Gasteiger charge is 2.20. The molecular formula is C21H23NO5. The summed E-state index contributed by atoms with van der Waals surface area (Å²) in [6, 6.07) is 15.0. The quantitative estimate of drug-likeness (QED) is 0.496. The van der Waals surface area contributed by atoms with Crippen LogP contribution in [0.25, 0.3) is 0 Å². The van der Waals surface area contributed by atoms with Crippen LogP contribution in [0.5, 0.6) is 5.75 Å². The fourth-order valence-electron chi connectivity index (χ4n) is 2.54. The first-order chi connectivity index (χ1) is 13.0. The largest absolute Gasteiger partial charge is 0.494 e. The van der Waals surface area contributed by atoms with E-state index in [-0.39, 0.29) is 24.5 Å². The number of carbonyl (C=O) groups excluding carboxylic acids is 2. The van der Waals surface area contributed by atoms with Gasteiger partial charge in [0, 0.05) is 18.4 Å². The van der Waals surface area contributed by atoms with Gasteiger partial charge in [0.15, 0.2) is 5.78 Å². The molecule has 27 heavy (non-hydrogen) atoms. The predicted octanol–water partition coefficient (Wildman–Crippen LogP) is 2.86. The summed E-state index contributed by atoms with van der Waals surface area (Å²) in [6.07, 6.45) is 0.828. The van der Waals surface area contributed by atoms with Crippen LogP contribution in [-0.4, -0.2) is 35.4 Å². The topological polar surface area (TPSA) is 92.7 Å². The Morgan fingerprint density at radius 3 is 2.48 bits per heavy atom. The number of hydrogen-bond donors (Lipinski definition) is 2. The van der Waals surface area contributed by atoms with Crippen molar-refractivity contribution in [3.05, 3.63) is 65.7 Å². The third-order valence-electron chi connectivity index (χ3n) is 3.97. The zero-order valence-corrected chi connectivity index (χ0v) is 15.2. The van der Waals surface area contributed by atoms with Gasteiger partial charge >= 0.3 is 5.97 Å². The first kappa shape index (κ1) is 20.2. The molecule has 0 aliphatic heterocycles. The summed E-state index contributed by atoms with van der Waals surface area (Å²) in [5.74, 6) is -0.877. The SMILES string of the molecule is CC(=O)c1cccc(OCCCC(=O)N[C@@H](Cc2ccccc2)C(=O)O)c1. The number of aliphatic carboxylic acids is 1. The normalized spacial score (nSPS) is 11.4. The van der Waals surface area contributed by atoms with E-state index in [9.17, 15) is 19.5 Å². The van der Waals surface area contributed by atoms with E-state index < -0.39 is 12.0 Å². The number of ether oxygens (including phenoxy) is 1. The van der Waals surface area contributed by atoms with Crippen molar-refractivity contribution in [2.24, 2.45) is 0 Å². The van der Waals surface area contributed by atoms with Crippen LogP contribution in [0.15, 0.2) is 54.6 Å². The number of amides is 1. The molecule has 142 valence electrons. The lowest BCUT2D eigenvalue weighted by atomic mass is 10.1. The van der Waals surface area contributed by atoms with E-state index in [2.05, 4.69) is 5.32 Å². The van der Waals surface area contributed by atoms with Gasteiger partial charge in [0.25, 0.3) is 0 Å². The molecule has 1 amide bonds. The first-order valence-corrected chi connectivity index (χ1v) is 8.75. The van der Waals surface area contributed by atoms with Gasteiger partial charge < -0.3 is 15.2 Å². The van der Waals surface area contributed by atoms with E-state index in [0.29, 0.717) is 24.3 Å². The Balaban J connectivity index is 1.76. The fraction of sp³-hybridized carbons (Fsp3) is 0.286. The monoisotopic (exact) mass is 369 g/mol. The van der Waals surface area contributed by atoms with Gasteiger partial charge in [0.2, 0.25) is 5.91 Å². The van der Waals surface area contributed by atoms with Gasteiger partial charge in [-0.05, 0) is 31.0 Å². The Morgan fingerprint density at radius 1 is 1.07 bits per heavy atom. The molecule has 0 spiro atoms. The third kappa shape index (κ3) is 6.93. The van der Waals surface area contributed by atoms with Crippen molar-refractivity contribution in [1.82, 2.24) is 5.32 Å². The van der Waals surface area contributed by atoms with E-state index in [0.717, 1.165) is 5.56 Å². The second-order valence-corrected chi connectivity index (χ2v) is 6.18. The molecule has 0 saturated carbocycles. The molecule has 0 aliphatic rings. The number of Topliss-reactive ketones (excluding diaryl/α,β-unsaturated/α-hetero) is 1. The molecule has 0 unspecified atom stereocenters. The molecule has 0 fully saturated rings. The number of benzene rings is 2. The van der Waals surface area contributed by atoms with Crippen molar-refractivity contribution in [3.63, 3.8) is 0 Å². The van der Waals surface area contributed by atoms with Crippen molar-refractivity contribution >= 4 is 17.7 Å². The average molecular weight is 369 g/mol. The Bertz CT molecular complexity index is 788. The molecular weight excluding hydrogens is 346 g/mol. The molecule has 0 bridgehead atoms. The van der Waals surface area contributed by atoms with Crippen LogP contribution in [-0.2, 0) is 16.0 Å². The molecule has 0 aromatic heterocycles. The summed E-state index contributed by atoms with van der Waals surface area (Å²) in [6.45, 7) is 1.78. The highest BCUT2D eigenvalue weighted by atomic mass is 16.5. The Labute approximate surface area is 158 Å². The van der Waals surface area contributed by atoms with Crippen LogP contribution < -0.4 is 10.1 Å². The molecule has 2 N–H and O–H groups in total. The Kier molecular flexibility index (Phi) is 7.55. The molecule has 6 nitrogen and oxygen atoms in total. The molecule has 0 saturated heterocycles. The van der Waals surface area contributed by atoms with Crippen LogP contribution in [0, 0.1) is 0 Å². The maximum atomic E-state index is 12.0. The van der Waals surface area contributed by atoms with Gasteiger partial charge in [-0.25, -0.2) is 4.79 Å². The summed E-state index contributed by atoms with van der Waals surface area (Å²) in [5.41, 5.74) is 1.41. The Hall–Kier alpha value is -3.15. The molecule has 0 aliphatic carbocycles. The van der Waals surface area contributed by atoms with Crippen molar-refractivity contribution < 1.29 is 24.2 Å². The van der Waals surface area contributed by atoms with E-state index >= 15 is 0 Å². The van der Waals surface area contributed by atoms with Crippen molar-refractivity contribution in [2.75, 3.05) is 6.61 Å². The number of ketones is 1. The number of rotatable bonds is 10. The van der Waals surface area contributed by atoms with Gasteiger partial charge in [-0.15, -0.1) is 0 Å². The zero-order valence-electron chi connectivity index (χ0n) is 15.2.